The molecule has 1 unspecified atom stereocenters. The number of nitrogens with two attached hydrogens (primary N) is 1. The van der Waals surface area contributed by atoms with E-state index < -0.39 is 0 Å². The molecule has 0 bridgehead atoms. The summed E-state index contributed by atoms with van der Waals surface area (Å²) < 4.78 is 0. The zero-order valence-corrected chi connectivity index (χ0v) is 12.7. The van der Waals surface area contributed by atoms with Crippen molar-refractivity contribution >= 4 is 5.69 Å². The monoisotopic (exact) mass is 282 g/mol. The Bertz CT molecular complexity index is 624. The van der Waals surface area contributed by atoms with Gasteiger partial charge in [0.1, 0.15) is 0 Å². The highest BCUT2D eigenvalue weighted by Gasteiger charge is 2.28. The predicted molar refractivity (Wildman–Crippen MR) is 85.2 cm³/mol. The molecule has 1 atom stereocenters. The molecule has 0 aliphatic carbocycles. The van der Waals surface area contributed by atoms with Gasteiger partial charge in [0.15, 0.2) is 0 Å². The summed E-state index contributed by atoms with van der Waals surface area (Å²) >= 11 is 0. The minimum atomic E-state index is 0.416. The Hall–Kier alpha value is -1.94. The van der Waals surface area contributed by atoms with Crippen molar-refractivity contribution in [1.29, 1.82) is 0 Å². The summed E-state index contributed by atoms with van der Waals surface area (Å²) in [6.07, 6.45) is 6.13. The molecule has 0 amide bonds. The molecule has 1 aliphatic heterocycles. The lowest BCUT2D eigenvalue weighted by Crippen LogP contribution is -2.25. The highest BCUT2D eigenvalue weighted by molar-refractivity contribution is 5.58. The van der Waals surface area contributed by atoms with E-state index in [0.29, 0.717) is 12.6 Å². The van der Waals surface area contributed by atoms with E-state index in [2.05, 4.69) is 40.0 Å². The molecule has 0 radical (unpaired) electrons. The van der Waals surface area contributed by atoms with Crippen LogP contribution in [-0.4, -0.2) is 16.5 Å². The third-order valence-corrected chi connectivity index (χ3v) is 4.29. The number of hydrogen-bond donors (Lipinski definition) is 1. The summed E-state index contributed by atoms with van der Waals surface area (Å²) in [6.45, 7) is 5.71. The van der Waals surface area contributed by atoms with E-state index in [-0.39, 0.29) is 0 Å². The average Bonchev–Trinajstić information content (AvgIpc) is 2.96. The number of anilines is 1. The minimum absolute atomic E-state index is 0.416. The minimum Gasteiger partial charge on any atom is -0.364 e. The van der Waals surface area contributed by atoms with Crippen LogP contribution in [0.1, 0.15) is 41.4 Å². The maximum absolute atomic E-state index is 5.98. The molecule has 0 aromatic carbocycles. The van der Waals surface area contributed by atoms with Crippen molar-refractivity contribution in [1.82, 2.24) is 9.97 Å². The molecular formula is C17H22N4. The van der Waals surface area contributed by atoms with Gasteiger partial charge in [0.2, 0.25) is 0 Å². The van der Waals surface area contributed by atoms with Gasteiger partial charge in [-0.05, 0) is 50.5 Å². The Morgan fingerprint density at radius 1 is 1.29 bits per heavy atom. The van der Waals surface area contributed by atoms with Crippen molar-refractivity contribution < 1.29 is 0 Å². The fourth-order valence-corrected chi connectivity index (χ4v) is 3.33. The molecule has 21 heavy (non-hydrogen) atoms. The third-order valence-electron chi connectivity index (χ3n) is 4.29. The molecule has 3 heterocycles. The Balaban J connectivity index is 2.03. The number of rotatable bonds is 3. The summed E-state index contributed by atoms with van der Waals surface area (Å²) in [6, 6.07) is 6.83. The maximum atomic E-state index is 5.98. The molecule has 2 N–H and O–H groups in total. The Labute approximate surface area is 126 Å². The SMILES string of the molecule is Cc1cc(N2CCCC2c2ccncc2)c(CN)c(C)n1. The largest absolute Gasteiger partial charge is 0.364 e. The summed E-state index contributed by atoms with van der Waals surface area (Å²) in [4.78, 5) is 11.2. The van der Waals surface area contributed by atoms with Crippen LogP contribution >= 0.6 is 0 Å². The second kappa shape index (κ2) is 5.82. The van der Waals surface area contributed by atoms with Crippen LogP contribution in [0.2, 0.25) is 0 Å². The summed E-state index contributed by atoms with van der Waals surface area (Å²) in [7, 11) is 0. The fourth-order valence-electron chi connectivity index (χ4n) is 3.33. The molecule has 0 saturated carbocycles. The first-order valence-electron chi connectivity index (χ1n) is 7.54. The molecule has 2 aromatic rings. The smallest absolute Gasteiger partial charge is 0.0544 e. The van der Waals surface area contributed by atoms with Crippen LogP contribution in [0.25, 0.3) is 0 Å². The van der Waals surface area contributed by atoms with E-state index in [0.717, 1.165) is 17.9 Å². The molecule has 1 saturated heterocycles. The van der Waals surface area contributed by atoms with Gasteiger partial charge in [-0.25, -0.2) is 0 Å². The van der Waals surface area contributed by atoms with Gasteiger partial charge < -0.3 is 10.6 Å². The topological polar surface area (TPSA) is 55.0 Å². The van der Waals surface area contributed by atoms with E-state index in [1.165, 1.54) is 29.7 Å². The van der Waals surface area contributed by atoms with E-state index in [4.69, 9.17) is 5.73 Å². The van der Waals surface area contributed by atoms with Crippen molar-refractivity contribution in [2.24, 2.45) is 5.73 Å². The standard InChI is InChI=1S/C17H22N4/c1-12-10-17(15(11-18)13(2)20-12)21-9-3-4-16(21)14-5-7-19-8-6-14/h5-8,10,16H,3-4,9,11,18H2,1-2H3. The second-order valence-electron chi connectivity index (χ2n) is 5.68. The molecule has 4 heteroatoms. The molecule has 1 aliphatic rings. The van der Waals surface area contributed by atoms with Crippen molar-refractivity contribution in [2.75, 3.05) is 11.4 Å². The lowest BCUT2D eigenvalue weighted by molar-refractivity contribution is 0.712. The zero-order chi connectivity index (χ0) is 14.8. The molecule has 4 nitrogen and oxygen atoms in total. The van der Waals surface area contributed by atoms with E-state index in [9.17, 15) is 0 Å². The summed E-state index contributed by atoms with van der Waals surface area (Å²) in [5, 5.41) is 0. The van der Waals surface area contributed by atoms with E-state index in [1.807, 2.05) is 19.3 Å². The number of aromatic nitrogens is 2. The van der Waals surface area contributed by atoms with Crippen LogP contribution in [0.4, 0.5) is 5.69 Å². The van der Waals surface area contributed by atoms with Gasteiger partial charge in [-0.1, -0.05) is 0 Å². The first kappa shape index (κ1) is 14.0. The van der Waals surface area contributed by atoms with Gasteiger partial charge in [0.05, 0.1) is 6.04 Å². The van der Waals surface area contributed by atoms with Gasteiger partial charge in [-0.15, -0.1) is 0 Å². The zero-order valence-electron chi connectivity index (χ0n) is 12.7. The van der Waals surface area contributed by atoms with Crippen molar-refractivity contribution in [3.8, 4) is 0 Å². The van der Waals surface area contributed by atoms with E-state index >= 15 is 0 Å². The van der Waals surface area contributed by atoms with Gasteiger partial charge in [-0.2, -0.15) is 0 Å². The number of aryl methyl sites for hydroxylation is 2. The van der Waals surface area contributed by atoms with Gasteiger partial charge in [0.25, 0.3) is 0 Å². The number of nitrogens with zero attached hydrogens (tertiary/aromatic N) is 3. The van der Waals surface area contributed by atoms with Crippen LogP contribution in [0.3, 0.4) is 0 Å². The summed E-state index contributed by atoms with van der Waals surface area (Å²) in [5.41, 5.74) is 11.8. The predicted octanol–water partition coefficient (Wildman–Crippen LogP) is 2.89. The Morgan fingerprint density at radius 3 is 2.76 bits per heavy atom. The first-order valence-corrected chi connectivity index (χ1v) is 7.54. The summed E-state index contributed by atoms with van der Waals surface area (Å²) in [5.74, 6) is 0. The quantitative estimate of drug-likeness (QED) is 0.940. The fraction of sp³-hybridized carbons (Fsp3) is 0.412. The number of hydrogen-bond acceptors (Lipinski definition) is 4. The van der Waals surface area contributed by atoms with Gasteiger partial charge in [-0.3, -0.25) is 9.97 Å². The lowest BCUT2D eigenvalue weighted by Gasteiger charge is -2.30. The maximum Gasteiger partial charge on any atom is 0.0544 e. The van der Waals surface area contributed by atoms with Crippen molar-refractivity contribution in [3.05, 3.63) is 53.1 Å². The van der Waals surface area contributed by atoms with Crippen LogP contribution < -0.4 is 10.6 Å². The Kier molecular flexibility index (Phi) is 3.88. The number of pyridine rings is 2. The molecule has 2 aromatic heterocycles. The lowest BCUT2D eigenvalue weighted by atomic mass is 10.0. The normalized spacial score (nSPS) is 18.2. The average molecular weight is 282 g/mol. The molecule has 0 spiro atoms. The Morgan fingerprint density at radius 2 is 2.05 bits per heavy atom. The molecule has 110 valence electrons. The van der Waals surface area contributed by atoms with Crippen LogP contribution in [-0.2, 0) is 6.54 Å². The second-order valence-corrected chi connectivity index (χ2v) is 5.68. The van der Waals surface area contributed by atoms with Crippen LogP contribution in [0, 0.1) is 13.8 Å². The van der Waals surface area contributed by atoms with E-state index in [1.54, 1.807) is 0 Å². The van der Waals surface area contributed by atoms with Crippen molar-refractivity contribution in [2.45, 2.75) is 39.3 Å². The van der Waals surface area contributed by atoms with Gasteiger partial charge in [0, 0.05) is 48.1 Å². The molecular weight excluding hydrogens is 260 g/mol. The third kappa shape index (κ3) is 2.63. The first-order chi connectivity index (χ1) is 10.2. The van der Waals surface area contributed by atoms with Gasteiger partial charge >= 0.3 is 0 Å². The molecule has 3 rings (SSSR count). The van der Waals surface area contributed by atoms with Crippen LogP contribution in [0.15, 0.2) is 30.6 Å². The molecule has 1 fully saturated rings. The highest BCUT2D eigenvalue weighted by atomic mass is 15.2. The van der Waals surface area contributed by atoms with Crippen LogP contribution in [0.5, 0.6) is 0 Å². The van der Waals surface area contributed by atoms with Crippen molar-refractivity contribution in [3.63, 3.8) is 0 Å². The highest BCUT2D eigenvalue weighted by Crippen LogP contribution is 2.38.